The summed E-state index contributed by atoms with van der Waals surface area (Å²) in [5.41, 5.74) is 0.218. The van der Waals surface area contributed by atoms with Gasteiger partial charge >= 0.3 is 0 Å². The largest absolute Gasteiger partial charge is 0.124 e. The van der Waals surface area contributed by atoms with Crippen LogP contribution in [-0.2, 0) is 0 Å². The maximum atomic E-state index is 5.81. The van der Waals surface area contributed by atoms with Crippen LogP contribution in [0.25, 0.3) is 0 Å². The van der Waals surface area contributed by atoms with Crippen molar-refractivity contribution in [3.63, 3.8) is 0 Å². The fraction of sp³-hybridized carbons (Fsp3) is 1.00. The van der Waals surface area contributed by atoms with Crippen molar-refractivity contribution in [1.82, 2.24) is 0 Å². The second-order valence-corrected chi connectivity index (χ2v) is 4.28. The van der Waals surface area contributed by atoms with Gasteiger partial charge in [0.15, 0.2) is 0 Å². The Hall–Kier alpha value is 0.580. The van der Waals surface area contributed by atoms with Gasteiger partial charge < -0.3 is 0 Å². The van der Waals surface area contributed by atoms with E-state index in [0.29, 0.717) is 0 Å². The molecule has 8 heavy (non-hydrogen) atoms. The van der Waals surface area contributed by atoms with Crippen molar-refractivity contribution in [2.45, 2.75) is 31.0 Å². The molecule has 1 fully saturated rings. The Morgan fingerprint density at radius 1 is 1.50 bits per heavy atom. The minimum atomic E-state index is -0.401. The van der Waals surface area contributed by atoms with Crippen molar-refractivity contribution in [3.05, 3.63) is 0 Å². The zero-order valence-corrected chi connectivity index (χ0v) is 6.68. The van der Waals surface area contributed by atoms with E-state index in [1.165, 1.54) is 0 Å². The third-order valence-corrected chi connectivity index (χ3v) is 3.33. The van der Waals surface area contributed by atoms with E-state index in [1.807, 2.05) is 0 Å². The highest BCUT2D eigenvalue weighted by atomic mass is 35.5. The van der Waals surface area contributed by atoms with Crippen molar-refractivity contribution in [2.24, 2.45) is 5.41 Å². The fourth-order valence-corrected chi connectivity index (χ4v) is 1.69. The Kier molecular flexibility index (Phi) is 1.29. The van der Waals surface area contributed by atoms with Gasteiger partial charge in [0.05, 0.1) is 0 Å². The van der Waals surface area contributed by atoms with E-state index >= 15 is 0 Å². The second kappa shape index (κ2) is 1.54. The molecule has 0 heterocycles. The van der Waals surface area contributed by atoms with Crippen molar-refractivity contribution in [3.8, 4) is 0 Å². The summed E-state index contributed by atoms with van der Waals surface area (Å²) < 4.78 is -0.401. The van der Waals surface area contributed by atoms with E-state index in [4.69, 9.17) is 23.2 Å². The van der Waals surface area contributed by atoms with Crippen molar-refractivity contribution < 1.29 is 0 Å². The molecule has 1 aliphatic carbocycles. The molecule has 1 unspecified atom stereocenters. The third kappa shape index (κ3) is 0.745. The highest BCUT2D eigenvalue weighted by molar-refractivity contribution is 6.51. The zero-order valence-electron chi connectivity index (χ0n) is 5.17. The summed E-state index contributed by atoms with van der Waals surface area (Å²) in [7, 11) is 0. The summed E-state index contributed by atoms with van der Waals surface area (Å²) in [6.07, 6.45) is 2.04. The lowest BCUT2D eigenvalue weighted by Crippen LogP contribution is -2.00. The smallest absolute Gasteiger partial charge is 0.101 e. The number of hydrogen-bond donors (Lipinski definition) is 0. The summed E-state index contributed by atoms with van der Waals surface area (Å²) in [6.45, 7) is 4.24. The van der Waals surface area contributed by atoms with Crippen LogP contribution in [0.1, 0.15) is 26.7 Å². The molecule has 1 atom stereocenters. The Labute approximate surface area is 60.2 Å². The van der Waals surface area contributed by atoms with Crippen molar-refractivity contribution >= 4 is 23.2 Å². The summed E-state index contributed by atoms with van der Waals surface area (Å²) in [5, 5.41) is 0. The van der Waals surface area contributed by atoms with E-state index in [2.05, 4.69) is 13.8 Å². The predicted molar refractivity (Wildman–Crippen MR) is 37.5 cm³/mol. The summed E-state index contributed by atoms with van der Waals surface area (Å²) in [6, 6.07) is 0. The van der Waals surface area contributed by atoms with Gasteiger partial charge in [0.25, 0.3) is 0 Å². The van der Waals surface area contributed by atoms with Crippen LogP contribution in [0.3, 0.4) is 0 Å². The second-order valence-electron chi connectivity index (χ2n) is 2.80. The quantitative estimate of drug-likeness (QED) is 0.508. The molecule has 0 radical (unpaired) electrons. The highest BCUT2D eigenvalue weighted by Crippen LogP contribution is 2.65. The monoisotopic (exact) mass is 152 g/mol. The molecule has 0 saturated heterocycles. The molecule has 48 valence electrons. The summed E-state index contributed by atoms with van der Waals surface area (Å²) in [5.74, 6) is 0. The van der Waals surface area contributed by atoms with Crippen LogP contribution in [0.15, 0.2) is 0 Å². The first-order valence-electron chi connectivity index (χ1n) is 2.90. The number of rotatable bonds is 1. The van der Waals surface area contributed by atoms with Crippen LogP contribution >= 0.6 is 23.2 Å². The molecule has 1 saturated carbocycles. The van der Waals surface area contributed by atoms with Gasteiger partial charge in [0.2, 0.25) is 0 Å². The molecular weight excluding hydrogens is 143 g/mol. The molecule has 2 heteroatoms. The number of hydrogen-bond acceptors (Lipinski definition) is 0. The van der Waals surface area contributed by atoms with Crippen LogP contribution in [-0.4, -0.2) is 4.33 Å². The molecule has 0 aromatic heterocycles. The van der Waals surface area contributed by atoms with E-state index in [9.17, 15) is 0 Å². The maximum Gasteiger partial charge on any atom is 0.124 e. The fourth-order valence-electron chi connectivity index (χ4n) is 0.829. The Bertz CT molecular complexity index is 109. The van der Waals surface area contributed by atoms with E-state index in [0.717, 1.165) is 12.8 Å². The lowest BCUT2D eigenvalue weighted by atomic mass is 10.1. The average Bonchev–Trinajstić information content (AvgIpc) is 2.10. The highest BCUT2D eigenvalue weighted by Gasteiger charge is 2.61. The van der Waals surface area contributed by atoms with Gasteiger partial charge in [-0.05, 0) is 12.8 Å². The van der Waals surface area contributed by atoms with Gasteiger partial charge in [-0.2, -0.15) is 0 Å². The standard InChI is InChI=1S/C6H10Cl2/c1-3-5(2)4-6(5,7)8/h3-4H2,1-2H3. The van der Waals surface area contributed by atoms with Gasteiger partial charge in [-0.15, -0.1) is 23.2 Å². The zero-order chi connectivity index (χ0) is 6.41. The Morgan fingerprint density at radius 2 is 1.88 bits per heavy atom. The molecule has 0 aromatic rings. The first-order valence-corrected chi connectivity index (χ1v) is 3.65. The van der Waals surface area contributed by atoms with Crippen LogP contribution < -0.4 is 0 Å². The lowest BCUT2D eigenvalue weighted by Gasteiger charge is -2.05. The molecule has 0 aliphatic heterocycles. The molecule has 0 nitrogen and oxygen atoms in total. The van der Waals surface area contributed by atoms with E-state index in [1.54, 1.807) is 0 Å². The normalized spacial score (nSPS) is 42.0. The van der Waals surface area contributed by atoms with Gasteiger partial charge in [-0.1, -0.05) is 13.8 Å². The number of alkyl halides is 2. The maximum absolute atomic E-state index is 5.81. The van der Waals surface area contributed by atoms with Crippen LogP contribution in [0, 0.1) is 5.41 Å². The Balaban J connectivity index is 2.55. The van der Waals surface area contributed by atoms with Gasteiger partial charge in [0, 0.05) is 5.41 Å². The molecule has 1 rings (SSSR count). The lowest BCUT2D eigenvalue weighted by molar-refractivity contribution is 0.542. The Morgan fingerprint density at radius 3 is 1.88 bits per heavy atom. The molecule has 1 aliphatic rings. The van der Waals surface area contributed by atoms with Crippen LogP contribution in [0.2, 0.25) is 0 Å². The number of halogens is 2. The van der Waals surface area contributed by atoms with Crippen molar-refractivity contribution in [1.29, 1.82) is 0 Å². The molecule has 0 aromatic carbocycles. The molecular formula is C6H10Cl2. The SMILES string of the molecule is CCC1(C)CC1(Cl)Cl. The topological polar surface area (TPSA) is 0 Å². The van der Waals surface area contributed by atoms with E-state index < -0.39 is 4.33 Å². The van der Waals surface area contributed by atoms with Gasteiger partial charge in [0.1, 0.15) is 4.33 Å². The minimum absolute atomic E-state index is 0.218. The van der Waals surface area contributed by atoms with Crippen LogP contribution in [0.4, 0.5) is 0 Å². The summed E-state index contributed by atoms with van der Waals surface area (Å²) in [4.78, 5) is 0. The van der Waals surface area contributed by atoms with Crippen LogP contribution in [0.5, 0.6) is 0 Å². The summed E-state index contributed by atoms with van der Waals surface area (Å²) >= 11 is 11.6. The average molecular weight is 153 g/mol. The first-order chi connectivity index (χ1) is 3.52. The van der Waals surface area contributed by atoms with Gasteiger partial charge in [-0.3, -0.25) is 0 Å². The molecule has 0 bridgehead atoms. The molecule has 0 N–H and O–H groups in total. The third-order valence-electron chi connectivity index (χ3n) is 2.15. The van der Waals surface area contributed by atoms with E-state index in [-0.39, 0.29) is 5.41 Å². The first kappa shape index (κ1) is 6.70. The molecule has 0 amide bonds. The predicted octanol–water partition coefficient (Wildman–Crippen LogP) is 2.98. The minimum Gasteiger partial charge on any atom is -0.101 e. The van der Waals surface area contributed by atoms with Gasteiger partial charge in [-0.25, -0.2) is 0 Å². The molecule has 0 spiro atoms. The van der Waals surface area contributed by atoms with Crippen molar-refractivity contribution in [2.75, 3.05) is 0 Å².